The van der Waals surface area contributed by atoms with Crippen LogP contribution >= 0.6 is 0 Å². The molecule has 1 fully saturated rings. The highest BCUT2D eigenvalue weighted by molar-refractivity contribution is 6.62. The maximum Gasteiger partial charge on any atom is 0.494 e. The summed E-state index contributed by atoms with van der Waals surface area (Å²) in [5.41, 5.74) is -0.407. The number of hydrogen-bond donors (Lipinski definition) is 1. The van der Waals surface area contributed by atoms with Crippen LogP contribution in [0.2, 0.25) is 0 Å². The number of benzene rings is 1. The molecule has 1 heterocycles. The summed E-state index contributed by atoms with van der Waals surface area (Å²) in [5, 5.41) is 10.3. The van der Waals surface area contributed by atoms with Crippen LogP contribution in [0.1, 0.15) is 57.5 Å². The summed E-state index contributed by atoms with van der Waals surface area (Å²) in [7, 11) is 0.721. The van der Waals surface area contributed by atoms with Gasteiger partial charge < -0.3 is 19.2 Å². The second-order valence-corrected chi connectivity index (χ2v) is 7.48. The first kappa shape index (κ1) is 18.0. The Morgan fingerprint density at radius 1 is 1.13 bits per heavy atom. The molecule has 1 aromatic rings. The highest BCUT2D eigenvalue weighted by Gasteiger charge is 2.52. The Morgan fingerprint density at radius 2 is 1.65 bits per heavy atom. The van der Waals surface area contributed by atoms with E-state index in [2.05, 4.69) is 0 Å². The highest BCUT2D eigenvalue weighted by Crippen LogP contribution is 2.36. The number of hydrogen-bond acceptors (Lipinski definition) is 5. The molecule has 0 spiro atoms. The molecule has 126 valence electrons. The molecular weight excluding hydrogens is 295 g/mol. The summed E-state index contributed by atoms with van der Waals surface area (Å²) < 4.78 is 16.9. The van der Waals surface area contributed by atoms with Crippen molar-refractivity contribution >= 4 is 18.6 Å². The van der Waals surface area contributed by atoms with Gasteiger partial charge in [-0.05, 0) is 64.7 Å². The average Bonchev–Trinajstić information content (AvgIpc) is 2.65. The SMILES string of the molecule is COC(=O)c1cc(B2OC(C)(C)C(C)(C)O2)cc(C(C)(C)O)c1. The van der Waals surface area contributed by atoms with Gasteiger partial charge in [0.15, 0.2) is 0 Å². The zero-order valence-electron chi connectivity index (χ0n) is 14.9. The van der Waals surface area contributed by atoms with Crippen molar-refractivity contribution < 1.29 is 23.9 Å². The summed E-state index contributed by atoms with van der Waals surface area (Å²) in [5.74, 6) is -0.464. The monoisotopic (exact) mass is 320 g/mol. The quantitative estimate of drug-likeness (QED) is 0.682. The van der Waals surface area contributed by atoms with Crippen molar-refractivity contribution in [1.82, 2.24) is 0 Å². The first-order chi connectivity index (χ1) is 10.4. The third-order valence-corrected chi connectivity index (χ3v) is 4.61. The van der Waals surface area contributed by atoms with Crippen molar-refractivity contribution in [2.75, 3.05) is 7.11 Å². The third kappa shape index (κ3) is 3.44. The van der Waals surface area contributed by atoms with Crippen LogP contribution in [0.25, 0.3) is 0 Å². The van der Waals surface area contributed by atoms with Crippen LogP contribution in [-0.4, -0.2) is 36.5 Å². The minimum Gasteiger partial charge on any atom is -0.465 e. The van der Waals surface area contributed by atoms with Gasteiger partial charge in [-0.2, -0.15) is 0 Å². The molecule has 1 aromatic carbocycles. The van der Waals surface area contributed by atoms with Gasteiger partial charge in [-0.1, -0.05) is 6.07 Å². The van der Waals surface area contributed by atoms with Crippen LogP contribution in [0.4, 0.5) is 0 Å². The summed E-state index contributed by atoms with van der Waals surface area (Å²) in [6, 6.07) is 5.11. The fraction of sp³-hybridized carbons (Fsp3) is 0.588. The van der Waals surface area contributed by atoms with Crippen LogP contribution in [0.15, 0.2) is 18.2 Å². The lowest BCUT2D eigenvalue weighted by molar-refractivity contribution is 0.00578. The molecule has 1 N–H and O–H groups in total. The standard InChI is InChI=1S/C17H25BO5/c1-15(2,20)12-8-11(14(19)21-7)9-13(10-12)18-22-16(3,4)17(5,6)23-18/h8-10,20H,1-7H3. The van der Waals surface area contributed by atoms with E-state index in [0.717, 1.165) is 0 Å². The van der Waals surface area contributed by atoms with E-state index >= 15 is 0 Å². The highest BCUT2D eigenvalue weighted by atomic mass is 16.7. The molecule has 0 radical (unpaired) electrons. The second-order valence-electron chi connectivity index (χ2n) is 7.48. The second kappa shape index (κ2) is 5.62. The van der Waals surface area contributed by atoms with E-state index in [-0.39, 0.29) is 0 Å². The number of esters is 1. The molecule has 0 unspecified atom stereocenters. The topological polar surface area (TPSA) is 65.0 Å². The third-order valence-electron chi connectivity index (χ3n) is 4.61. The van der Waals surface area contributed by atoms with Gasteiger partial charge in [0.05, 0.1) is 29.5 Å². The van der Waals surface area contributed by atoms with Gasteiger partial charge >= 0.3 is 13.1 Å². The number of methoxy groups -OCH3 is 1. The molecule has 0 aliphatic carbocycles. The molecule has 0 bridgehead atoms. The maximum atomic E-state index is 11.9. The van der Waals surface area contributed by atoms with Crippen LogP contribution in [0.3, 0.4) is 0 Å². The Kier molecular flexibility index (Phi) is 4.39. The molecule has 0 amide bonds. The van der Waals surface area contributed by atoms with Crippen LogP contribution < -0.4 is 5.46 Å². The van der Waals surface area contributed by atoms with Crippen molar-refractivity contribution in [3.8, 4) is 0 Å². The summed E-state index contributed by atoms with van der Waals surface area (Å²) >= 11 is 0. The van der Waals surface area contributed by atoms with Crippen LogP contribution in [0, 0.1) is 0 Å². The molecule has 6 heteroatoms. The lowest BCUT2D eigenvalue weighted by atomic mass is 9.76. The number of aliphatic hydroxyl groups is 1. The van der Waals surface area contributed by atoms with Crippen LogP contribution in [-0.2, 0) is 19.6 Å². The van der Waals surface area contributed by atoms with E-state index < -0.39 is 29.9 Å². The molecule has 0 aromatic heterocycles. The molecule has 0 atom stereocenters. The Bertz CT molecular complexity index is 600. The van der Waals surface area contributed by atoms with Crippen LogP contribution in [0.5, 0.6) is 0 Å². The summed E-state index contributed by atoms with van der Waals surface area (Å²) in [6.45, 7) is 11.2. The van der Waals surface area contributed by atoms with E-state index in [1.807, 2.05) is 27.7 Å². The minimum atomic E-state index is -1.09. The van der Waals surface area contributed by atoms with E-state index in [9.17, 15) is 9.90 Å². The molecule has 1 saturated heterocycles. The summed E-state index contributed by atoms with van der Waals surface area (Å²) in [4.78, 5) is 11.9. The van der Waals surface area contributed by atoms with Gasteiger partial charge in [0.25, 0.3) is 0 Å². The van der Waals surface area contributed by atoms with Crippen molar-refractivity contribution in [2.24, 2.45) is 0 Å². The van der Waals surface area contributed by atoms with Gasteiger partial charge in [0.1, 0.15) is 0 Å². The van der Waals surface area contributed by atoms with Crippen molar-refractivity contribution in [1.29, 1.82) is 0 Å². The lowest BCUT2D eigenvalue weighted by Crippen LogP contribution is -2.41. The lowest BCUT2D eigenvalue weighted by Gasteiger charge is -2.32. The minimum absolute atomic E-state index is 0.358. The van der Waals surface area contributed by atoms with Gasteiger partial charge in [-0.15, -0.1) is 0 Å². The molecular formula is C17H25BO5. The molecule has 5 nitrogen and oxygen atoms in total. The number of ether oxygens (including phenoxy) is 1. The fourth-order valence-corrected chi connectivity index (χ4v) is 2.36. The molecule has 1 aliphatic rings. The summed E-state index contributed by atoms with van der Waals surface area (Å²) in [6.07, 6.45) is 0. The first-order valence-electron chi connectivity index (χ1n) is 7.69. The van der Waals surface area contributed by atoms with Gasteiger partial charge in [0, 0.05) is 0 Å². The number of rotatable bonds is 3. The first-order valence-corrected chi connectivity index (χ1v) is 7.69. The van der Waals surface area contributed by atoms with Gasteiger partial charge in [-0.3, -0.25) is 0 Å². The largest absolute Gasteiger partial charge is 0.494 e. The van der Waals surface area contributed by atoms with Crippen molar-refractivity contribution in [3.05, 3.63) is 29.3 Å². The van der Waals surface area contributed by atoms with Crippen molar-refractivity contribution in [2.45, 2.75) is 58.3 Å². The van der Waals surface area contributed by atoms with E-state index in [1.54, 1.807) is 32.0 Å². The van der Waals surface area contributed by atoms with E-state index in [4.69, 9.17) is 14.0 Å². The fourth-order valence-electron chi connectivity index (χ4n) is 2.36. The molecule has 23 heavy (non-hydrogen) atoms. The Balaban J connectivity index is 2.49. The van der Waals surface area contributed by atoms with Gasteiger partial charge in [0.2, 0.25) is 0 Å². The predicted molar refractivity (Wildman–Crippen MR) is 88.7 cm³/mol. The number of carbonyl (C=O) groups excluding carboxylic acids is 1. The molecule has 1 aliphatic heterocycles. The number of carbonyl (C=O) groups is 1. The Morgan fingerprint density at radius 3 is 2.09 bits per heavy atom. The van der Waals surface area contributed by atoms with E-state index in [1.165, 1.54) is 7.11 Å². The molecule has 2 rings (SSSR count). The zero-order valence-corrected chi connectivity index (χ0v) is 14.9. The maximum absolute atomic E-state index is 11.9. The normalized spacial score (nSPS) is 19.7. The Hall–Kier alpha value is -1.37. The predicted octanol–water partition coefficient (Wildman–Crippen LogP) is 2.00. The zero-order chi connectivity index (χ0) is 17.6. The van der Waals surface area contributed by atoms with Crippen molar-refractivity contribution in [3.63, 3.8) is 0 Å². The van der Waals surface area contributed by atoms with E-state index in [0.29, 0.717) is 16.6 Å². The smallest absolute Gasteiger partial charge is 0.465 e. The molecule has 0 saturated carbocycles. The Labute approximate surface area is 138 Å². The average molecular weight is 320 g/mol. The van der Waals surface area contributed by atoms with Gasteiger partial charge in [-0.25, -0.2) is 4.79 Å².